The van der Waals surface area contributed by atoms with Crippen molar-refractivity contribution in [3.8, 4) is 0 Å². The van der Waals surface area contributed by atoms with Crippen LogP contribution in [0.5, 0.6) is 0 Å². The molecule has 1 N–H and O–H groups in total. The highest BCUT2D eigenvalue weighted by atomic mass is 16.6. The molecule has 0 aromatic rings. The van der Waals surface area contributed by atoms with Crippen LogP contribution in [0.1, 0.15) is 206 Å². The Kier molecular flexibility index (Phi) is 36.5. The lowest BCUT2D eigenvalue weighted by molar-refractivity contribution is -0.161. The number of hydrogen-bond donors (Lipinski definition) is 1. The lowest BCUT2D eigenvalue weighted by Crippen LogP contribution is -2.28. The monoisotopic (exact) mass is 649 g/mol. The Morgan fingerprint density at radius 1 is 0.478 bits per heavy atom. The summed E-state index contributed by atoms with van der Waals surface area (Å²) in [4.78, 5) is 24.2. The van der Waals surface area contributed by atoms with Gasteiger partial charge in [-0.05, 0) is 64.2 Å². The van der Waals surface area contributed by atoms with Crippen LogP contribution in [0.25, 0.3) is 0 Å². The standard InChI is InChI=1S/C41H76O5/c1-3-5-7-9-11-13-15-17-18-19-20-21-22-24-26-28-30-32-34-36-41(44)46-39(37-42)38-45-40(43)35-33-31-29-27-25-23-16-14-12-10-8-6-4-2/h14,16-18,39,42H,3-13,15,19-38H2,1-2H3/t39-/m0/s1. The van der Waals surface area contributed by atoms with Crippen molar-refractivity contribution in [2.24, 2.45) is 0 Å². The van der Waals surface area contributed by atoms with Crippen molar-refractivity contribution in [1.29, 1.82) is 0 Å². The molecule has 0 aliphatic heterocycles. The topological polar surface area (TPSA) is 72.8 Å². The summed E-state index contributed by atoms with van der Waals surface area (Å²) in [5.74, 6) is -0.599. The molecule has 1 atom stereocenters. The second-order valence-corrected chi connectivity index (χ2v) is 13.4. The van der Waals surface area contributed by atoms with Gasteiger partial charge in [-0.15, -0.1) is 0 Å². The maximum Gasteiger partial charge on any atom is 0.306 e. The molecule has 0 radical (unpaired) electrons. The van der Waals surface area contributed by atoms with Crippen LogP contribution in [0, 0.1) is 0 Å². The molecule has 0 spiro atoms. The van der Waals surface area contributed by atoms with E-state index in [1.807, 2.05) is 0 Å². The minimum Gasteiger partial charge on any atom is -0.462 e. The molecule has 0 aliphatic rings. The second-order valence-electron chi connectivity index (χ2n) is 13.4. The van der Waals surface area contributed by atoms with Gasteiger partial charge in [-0.1, -0.05) is 154 Å². The molecule has 0 aliphatic carbocycles. The number of rotatable bonds is 36. The van der Waals surface area contributed by atoms with Crippen molar-refractivity contribution in [3.63, 3.8) is 0 Å². The quantitative estimate of drug-likeness (QED) is 0.0416. The Morgan fingerprint density at radius 2 is 0.804 bits per heavy atom. The number of ether oxygens (including phenoxy) is 2. The zero-order chi connectivity index (χ0) is 33.6. The molecule has 0 saturated heterocycles. The van der Waals surface area contributed by atoms with Crippen molar-refractivity contribution < 1.29 is 24.2 Å². The highest BCUT2D eigenvalue weighted by Crippen LogP contribution is 2.14. The van der Waals surface area contributed by atoms with Gasteiger partial charge in [0.15, 0.2) is 6.10 Å². The van der Waals surface area contributed by atoms with E-state index in [2.05, 4.69) is 38.2 Å². The fourth-order valence-electron chi connectivity index (χ4n) is 5.66. The van der Waals surface area contributed by atoms with Crippen LogP contribution in [0.3, 0.4) is 0 Å². The van der Waals surface area contributed by atoms with Gasteiger partial charge in [0.05, 0.1) is 6.61 Å². The van der Waals surface area contributed by atoms with E-state index >= 15 is 0 Å². The Balaban J connectivity index is 3.53. The maximum atomic E-state index is 12.2. The number of unbranched alkanes of at least 4 members (excludes halogenated alkanes) is 24. The van der Waals surface area contributed by atoms with Crippen LogP contribution >= 0.6 is 0 Å². The number of esters is 2. The largest absolute Gasteiger partial charge is 0.462 e. The van der Waals surface area contributed by atoms with Gasteiger partial charge in [-0.2, -0.15) is 0 Å². The first-order chi connectivity index (χ1) is 22.6. The third-order valence-corrected chi connectivity index (χ3v) is 8.72. The van der Waals surface area contributed by atoms with E-state index in [-0.39, 0.29) is 25.2 Å². The van der Waals surface area contributed by atoms with Crippen LogP contribution in [0.4, 0.5) is 0 Å². The zero-order valence-corrected chi connectivity index (χ0v) is 30.6. The molecule has 5 heteroatoms. The van der Waals surface area contributed by atoms with Gasteiger partial charge < -0.3 is 14.6 Å². The van der Waals surface area contributed by atoms with Gasteiger partial charge in [0.1, 0.15) is 6.61 Å². The number of aliphatic hydroxyl groups is 1. The van der Waals surface area contributed by atoms with E-state index < -0.39 is 6.10 Å². The van der Waals surface area contributed by atoms with Gasteiger partial charge in [0, 0.05) is 12.8 Å². The molecule has 0 unspecified atom stereocenters. The summed E-state index contributed by atoms with van der Waals surface area (Å²) < 4.78 is 10.6. The smallest absolute Gasteiger partial charge is 0.306 e. The lowest BCUT2D eigenvalue weighted by Gasteiger charge is -2.15. The minimum absolute atomic E-state index is 0.0681. The zero-order valence-electron chi connectivity index (χ0n) is 30.6. The van der Waals surface area contributed by atoms with E-state index in [1.54, 1.807) is 0 Å². The second kappa shape index (κ2) is 37.8. The molecule has 0 heterocycles. The summed E-state index contributed by atoms with van der Waals surface area (Å²) in [5, 5.41) is 9.54. The van der Waals surface area contributed by atoms with E-state index in [1.165, 1.54) is 135 Å². The van der Waals surface area contributed by atoms with Crippen molar-refractivity contribution in [3.05, 3.63) is 24.3 Å². The van der Waals surface area contributed by atoms with Crippen LogP contribution < -0.4 is 0 Å². The fourth-order valence-corrected chi connectivity index (χ4v) is 5.66. The van der Waals surface area contributed by atoms with Gasteiger partial charge in [0.2, 0.25) is 0 Å². The first-order valence-corrected chi connectivity index (χ1v) is 19.9. The molecule has 0 saturated carbocycles. The summed E-state index contributed by atoms with van der Waals surface area (Å²) in [6.07, 6.45) is 43.8. The summed E-state index contributed by atoms with van der Waals surface area (Å²) >= 11 is 0. The van der Waals surface area contributed by atoms with Gasteiger partial charge in [-0.3, -0.25) is 9.59 Å². The molecule has 0 amide bonds. The van der Waals surface area contributed by atoms with Crippen LogP contribution in [-0.4, -0.2) is 36.4 Å². The van der Waals surface area contributed by atoms with Crippen LogP contribution in [0.2, 0.25) is 0 Å². The molecule has 0 fully saturated rings. The van der Waals surface area contributed by atoms with Crippen LogP contribution in [0.15, 0.2) is 24.3 Å². The molecule has 0 aromatic carbocycles. The first kappa shape index (κ1) is 44.4. The Bertz CT molecular complexity index is 701. The van der Waals surface area contributed by atoms with Crippen molar-refractivity contribution in [2.75, 3.05) is 13.2 Å². The normalized spacial score (nSPS) is 12.3. The third-order valence-electron chi connectivity index (χ3n) is 8.72. The average molecular weight is 649 g/mol. The summed E-state index contributed by atoms with van der Waals surface area (Å²) in [7, 11) is 0. The predicted molar refractivity (Wildman–Crippen MR) is 196 cm³/mol. The lowest BCUT2D eigenvalue weighted by atomic mass is 10.1. The summed E-state index contributed by atoms with van der Waals surface area (Å²) in [6.45, 7) is 4.11. The molecular formula is C41H76O5. The first-order valence-electron chi connectivity index (χ1n) is 19.9. The number of allylic oxidation sites excluding steroid dienone is 4. The predicted octanol–water partition coefficient (Wildman–Crippen LogP) is 12.3. The number of aliphatic hydroxyl groups excluding tert-OH is 1. The molecular weight excluding hydrogens is 572 g/mol. The van der Waals surface area contributed by atoms with Crippen molar-refractivity contribution >= 4 is 11.9 Å². The van der Waals surface area contributed by atoms with Gasteiger partial charge >= 0.3 is 11.9 Å². The average Bonchev–Trinajstić information content (AvgIpc) is 3.06. The Hall–Kier alpha value is -1.62. The van der Waals surface area contributed by atoms with Crippen LogP contribution in [-0.2, 0) is 19.1 Å². The van der Waals surface area contributed by atoms with Crippen molar-refractivity contribution in [1.82, 2.24) is 0 Å². The summed E-state index contributed by atoms with van der Waals surface area (Å²) in [5.41, 5.74) is 0. The minimum atomic E-state index is -0.771. The number of carbonyl (C=O) groups excluding carboxylic acids is 2. The van der Waals surface area contributed by atoms with E-state index in [0.717, 1.165) is 44.9 Å². The molecule has 0 rings (SSSR count). The van der Waals surface area contributed by atoms with E-state index in [4.69, 9.17) is 9.47 Å². The maximum absolute atomic E-state index is 12.2. The summed E-state index contributed by atoms with van der Waals surface area (Å²) in [6, 6.07) is 0. The molecule has 0 aromatic heterocycles. The van der Waals surface area contributed by atoms with E-state index in [9.17, 15) is 14.7 Å². The van der Waals surface area contributed by atoms with E-state index in [0.29, 0.717) is 12.8 Å². The Morgan fingerprint density at radius 3 is 1.20 bits per heavy atom. The fraction of sp³-hybridized carbons (Fsp3) is 0.854. The van der Waals surface area contributed by atoms with Gasteiger partial charge in [-0.25, -0.2) is 0 Å². The van der Waals surface area contributed by atoms with Crippen molar-refractivity contribution in [2.45, 2.75) is 213 Å². The molecule has 46 heavy (non-hydrogen) atoms. The molecule has 270 valence electrons. The number of carbonyl (C=O) groups is 2. The highest BCUT2D eigenvalue weighted by Gasteiger charge is 2.16. The highest BCUT2D eigenvalue weighted by molar-refractivity contribution is 5.70. The third kappa shape index (κ3) is 35.2. The van der Waals surface area contributed by atoms with Gasteiger partial charge in [0.25, 0.3) is 0 Å². The SMILES string of the molecule is CCCCCCC=CCCCCCCCC(=O)OC[C@H](CO)OC(=O)CCCCCCCCCCCC=CCCCCCCCC. The number of hydrogen-bond acceptors (Lipinski definition) is 5. The molecule has 0 bridgehead atoms. The Labute approximate surface area is 285 Å². The molecule has 5 nitrogen and oxygen atoms in total.